The number of hydrogen-bond donors (Lipinski definition) is 1. The zero-order valence-electron chi connectivity index (χ0n) is 9.34. The molecular weight excluding hydrogens is 204 g/mol. The smallest absolute Gasteiger partial charge is 0.161 e. The van der Waals surface area contributed by atoms with Crippen molar-refractivity contribution in [2.24, 2.45) is 0 Å². The van der Waals surface area contributed by atoms with Gasteiger partial charge in [0.1, 0.15) is 11.4 Å². The number of aromatic hydroxyl groups is 1. The van der Waals surface area contributed by atoms with E-state index in [0.717, 1.165) is 17.0 Å². The molecule has 0 saturated carbocycles. The first kappa shape index (κ1) is 10.5. The van der Waals surface area contributed by atoms with E-state index in [-0.39, 0.29) is 5.75 Å². The standard InChI is InChI=1S/C12H14N2O2/c1-3-14-12(11(15)8-13-14)9-5-4-6-10(7-9)16-2/h4-8,15H,3H2,1-2H3. The second-order valence-corrected chi connectivity index (χ2v) is 3.43. The van der Waals surface area contributed by atoms with Crippen LogP contribution < -0.4 is 4.74 Å². The van der Waals surface area contributed by atoms with Crippen molar-refractivity contribution in [1.29, 1.82) is 0 Å². The molecule has 4 heteroatoms. The van der Waals surface area contributed by atoms with Crippen LogP contribution in [0.4, 0.5) is 0 Å². The number of rotatable bonds is 3. The van der Waals surface area contributed by atoms with Crippen molar-refractivity contribution in [3.05, 3.63) is 30.5 Å². The third-order valence-corrected chi connectivity index (χ3v) is 2.46. The van der Waals surface area contributed by atoms with Gasteiger partial charge in [0.05, 0.1) is 13.3 Å². The maximum atomic E-state index is 9.76. The molecule has 1 aromatic heterocycles. The van der Waals surface area contributed by atoms with Gasteiger partial charge in [-0.05, 0) is 19.1 Å². The molecule has 1 aromatic carbocycles. The average molecular weight is 218 g/mol. The molecular formula is C12H14N2O2. The molecule has 0 amide bonds. The number of ether oxygens (including phenoxy) is 1. The third-order valence-electron chi connectivity index (χ3n) is 2.46. The van der Waals surface area contributed by atoms with Gasteiger partial charge >= 0.3 is 0 Å². The molecule has 1 N–H and O–H groups in total. The normalized spacial score (nSPS) is 10.4. The Kier molecular flexibility index (Phi) is 2.81. The molecule has 0 aliphatic rings. The molecule has 2 aromatic rings. The lowest BCUT2D eigenvalue weighted by atomic mass is 10.1. The van der Waals surface area contributed by atoms with Gasteiger partial charge in [-0.3, -0.25) is 4.68 Å². The van der Waals surface area contributed by atoms with E-state index in [1.54, 1.807) is 11.8 Å². The highest BCUT2D eigenvalue weighted by atomic mass is 16.5. The van der Waals surface area contributed by atoms with Crippen molar-refractivity contribution in [3.63, 3.8) is 0 Å². The van der Waals surface area contributed by atoms with Gasteiger partial charge in [0.2, 0.25) is 0 Å². The van der Waals surface area contributed by atoms with Gasteiger partial charge in [0.25, 0.3) is 0 Å². The summed E-state index contributed by atoms with van der Waals surface area (Å²) in [6, 6.07) is 7.56. The first-order valence-electron chi connectivity index (χ1n) is 5.15. The van der Waals surface area contributed by atoms with Crippen LogP contribution in [-0.4, -0.2) is 22.0 Å². The Morgan fingerprint density at radius 1 is 1.44 bits per heavy atom. The number of methoxy groups -OCH3 is 1. The molecule has 16 heavy (non-hydrogen) atoms. The van der Waals surface area contributed by atoms with Crippen LogP contribution >= 0.6 is 0 Å². The first-order chi connectivity index (χ1) is 7.76. The first-order valence-corrected chi connectivity index (χ1v) is 5.15. The molecule has 0 bridgehead atoms. The van der Waals surface area contributed by atoms with Gasteiger partial charge in [-0.1, -0.05) is 12.1 Å². The maximum Gasteiger partial charge on any atom is 0.161 e. The van der Waals surface area contributed by atoms with Gasteiger partial charge in [0, 0.05) is 12.1 Å². The number of aromatic nitrogens is 2. The molecule has 0 fully saturated rings. The Morgan fingerprint density at radius 3 is 2.94 bits per heavy atom. The van der Waals surface area contributed by atoms with E-state index >= 15 is 0 Å². The minimum atomic E-state index is 0.190. The quantitative estimate of drug-likeness (QED) is 0.859. The highest BCUT2D eigenvalue weighted by Gasteiger charge is 2.11. The Morgan fingerprint density at radius 2 is 2.25 bits per heavy atom. The molecule has 0 radical (unpaired) electrons. The van der Waals surface area contributed by atoms with E-state index in [9.17, 15) is 5.11 Å². The fraction of sp³-hybridized carbons (Fsp3) is 0.250. The summed E-state index contributed by atoms with van der Waals surface area (Å²) in [6.45, 7) is 2.70. The van der Waals surface area contributed by atoms with Crippen molar-refractivity contribution in [2.45, 2.75) is 13.5 Å². The minimum absolute atomic E-state index is 0.190. The zero-order valence-corrected chi connectivity index (χ0v) is 9.34. The molecule has 0 aliphatic carbocycles. The topological polar surface area (TPSA) is 47.3 Å². The summed E-state index contributed by atoms with van der Waals surface area (Å²) in [7, 11) is 1.62. The molecule has 0 unspecified atom stereocenters. The second kappa shape index (κ2) is 4.26. The number of benzene rings is 1. The monoisotopic (exact) mass is 218 g/mol. The Labute approximate surface area is 94.1 Å². The third kappa shape index (κ3) is 1.74. The van der Waals surface area contributed by atoms with Gasteiger partial charge in [0.15, 0.2) is 5.75 Å². The van der Waals surface area contributed by atoms with Crippen molar-refractivity contribution >= 4 is 0 Å². The van der Waals surface area contributed by atoms with Gasteiger partial charge < -0.3 is 9.84 Å². The summed E-state index contributed by atoms with van der Waals surface area (Å²) in [5.41, 5.74) is 1.62. The van der Waals surface area contributed by atoms with E-state index in [1.807, 2.05) is 31.2 Å². The summed E-state index contributed by atoms with van der Waals surface area (Å²) in [4.78, 5) is 0. The summed E-state index contributed by atoms with van der Waals surface area (Å²) < 4.78 is 6.91. The number of aryl methyl sites for hydroxylation is 1. The number of hydrogen-bond acceptors (Lipinski definition) is 3. The van der Waals surface area contributed by atoms with E-state index in [0.29, 0.717) is 6.54 Å². The lowest BCUT2D eigenvalue weighted by molar-refractivity contribution is 0.415. The Bertz CT molecular complexity index is 492. The average Bonchev–Trinajstić information content (AvgIpc) is 2.70. The van der Waals surface area contributed by atoms with Crippen LogP contribution in [0, 0.1) is 0 Å². The van der Waals surface area contributed by atoms with Crippen molar-refractivity contribution in [3.8, 4) is 22.8 Å². The van der Waals surface area contributed by atoms with Gasteiger partial charge in [-0.15, -0.1) is 0 Å². The minimum Gasteiger partial charge on any atom is -0.504 e. The fourth-order valence-corrected chi connectivity index (χ4v) is 1.68. The summed E-state index contributed by atoms with van der Waals surface area (Å²) >= 11 is 0. The Hall–Kier alpha value is -1.97. The lowest BCUT2D eigenvalue weighted by Gasteiger charge is -2.07. The van der Waals surface area contributed by atoms with Crippen LogP contribution in [0.1, 0.15) is 6.92 Å². The highest BCUT2D eigenvalue weighted by Crippen LogP contribution is 2.30. The SMILES string of the molecule is CCn1ncc(O)c1-c1cccc(OC)c1. The van der Waals surface area contributed by atoms with Crippen LogP contribution in [0.2, 0.25) is 0 Å². The Balaban J connectivity index is 2.53. The fourth-order valence-electron chi connectivity index (χ4n) is 1.68. The zero-order chi connectivity index (χ0) is 11.5. The van der Waals surface area contributed by atoms with E-state index in [4.69, 9.17) is 4.74 Å². The molecule has 2 rings (SSSR count). The van der Waals surface area contributed by atoms with E-state index < -0.39 is 0 Å². The molecule has 0 spiro atoms. The second-order valence-electron chi connectivity index (χ2n) is 3.43. The predicted octanol–water partition coefficient (Wildman–Crippen LogP) is 2.28. The lowest BCUT2D eigenvalue weighted by Crippen LogP contribution is -1.98. The predicted molar refractivity (Wildman–Crippen MR) is 61.6 cm³/mol. The van der Waals surface area contributed by atoms with E-state index in [2.05, 4.69) is 5.10 Å². The van der Waals surface area contributed by atoms with Gasteiger partial charge in [-0.25, -0.2) is 0 Å². The van der Waals surface area contributed by atoms with Crippen LogP contribution in [0.5, 0.6) is 11.5 Å². The van der Waals surface area contributed by atoms with Crippen LogP contribution in [0.3, 0.4) is 0 Å². The van der Waals surface area contributed by atoms with Crippen LogP contribution in [0.15, 0.2) is 30.5 Å². The molecule has 4 nitrogen and oxygen atoms in total. The molecule has 0 aliphatic heterocycles. The van der Waals surface area contributed by atoms with Crippen LogP contribution in [0.25, 0.3) is 11.3 Å². The largest absolute Gasteiger partial charge is 0.504 e. The number of nitrogens with zero attached hydrogens (tertiary/aromatic N) is 2. The van der Waals surface area contributed by atoms with Gasteiger partial charge in [-0.2, -0.15) is 5.10 Å². The van der Waals surface area contributed by atoms with Crippen molar-refractivity contribution in [2.75, 3.05) is 7.11 Å². The maximum absolute atomic E-state index is 9.76. The molecule has 1 heterocycles. The summed E-state index contributed by atoms with van der Waals surface area (Å²) in [5, 5.41) is 13.8. The molecule has 0 saturated heterocycles. The van der Waals surface area contributed by atoms with Crippen molar-refractivity contribution in [1.82, 2.24) is 9.78 Å². The molecule has 84 valence electrons. The van der Waals surface area contributed by atoms with E-state index in [1.165, 1.54) is 6.20 Å². The van der Waals surface area contributed by atoms with Crippen molar-refractivity contribution < 1.29 is 9.84 Å². The summed E-state index contributed by atoms with van der Waals surface area (Å²) in [6.07, 6.45) is 1.46. The summed E-state index contributed by atoms with van der Waals surface area (Å²) in [5.74, 6) is 0.954. The van der Waals surface area contributed by atoms with Crippen LogP contribution in [-0.2, 0) is 6.54 Å². The highest BCUT2D eigenvalue weighted by molar-refractivity contribution is 5.67. The molecule has 0 atom stereocenters.